The van der Waals surface area contributed by atoms with Crippen LogP contribution in [0.15, 0.2) is 29.3 Å². The van der Waals surface area contributed by atoms with E-state index in [0.29, 0.717) is 23.5 Å². The van der Waals surface area contributed by atoms with Crippen LogP contribution in [0.1, 0.15) is 44.0 Å². The van der Waals surface area contributed by atoms with Gasteiger partial charge in [-0.05, 0) is 75.9 Å². The van der Waals surface area contributed by atoms with Gasteiger partial charge in [-0.25, -0.2) is 8.42 Å². The highest BCUT2D eigenvalue weighted by atomic mass is 32.2. The number of benzene rings is 1. The number of sulfonamides is 1. The molecular weight excluding hydrogens is 450 g/mol. The minimum absolute atomic E-state index is 0.133. The van der Waals surface area contributed by atoms with Crippen molar-refractivity contribution >= 4 is 15.9 Å². The van der Waals surface area contributed by atoms with Crippen molar-refractivity contribution in [1.29, 1.82) is 0 Å². The number of amides is 1. The summed E-state index contributed by atoms with van der Waals surface area (Å²) in [6.07, 6.45) is 1.60. The van der Waals surface area contributed by atoms with Crippen molar-refractivity contribution in [2.75, 3.05) is 26.2 Å². The van der Waals surface area contributed by atoms with E-state index in [4.69, 9.17) is 0 Å². The zero-order valence-electron chi connectivity index (χ0n) is 21.0. The van der Waals surface area contributed by atoms with Gasteiger partial charge in [0, 0.05) is 44.6 Å². The van der Waals surface area contributed by atoms with E-state index in [-0.39, 0.29) is 19.0 Å². The number of carbonyl (C=O) groups is 1. The Kier molecular flexibility index (Phi) is 6.20. The summed E-state index contributed by atoms with van der Waals surface area (Å²) in [6.45, 7) is 12.8. The molecule has 4 rings (SSSR count). The molecule has 0 radical (unpaired) electrons. The van der Waals surface area contributed by atoms with E-state index < -0.39 is 10.0 Å². The van der Waals surface area contributed by atoms with Crippen molar-refractivity contribution in [3.63, 3.8) is 0 Å². The number of piperazine rings is 1. The monoisotopic (exact) mass is 483 g/mol. The van der Waals surface area contributed by atoms with E-state index in [1.807, 2.05) is 71.4 Å². The van der Waals surface area contributed by atoms with Crippen LogP contribution in [-0.2, 0) is 17.1 Å². The van der Waals surface area contributed by atoms with Gasteiger partial charge in [0.15, 0.2) is 0 Å². The smallest absolute Gasteiger partial charge is 0.259 e. The van der Waals surface area contributed by atoms with E-state index in [1.54, 1.807) is 15.8 Å². The second-order valence-corrected chi connectivity index (χ2v) is 11.1. The molecule has 0 N–H and O–H groups in total. The van der Waals surface area contributed by atoms with Gasteiger partial charge >= 0.3 is 0 Å². The Balaban J connectivity index is 1.58. The van der Waals surface area contributed by atoms with Gasteiger partial charge in [0.2, 0.25) is 10.0 Å². The molecule has 0 unspecified atom stereocenters. The lowest BCUT2D eigenvalue weighted by Gasteiger charge is -2.35. The number of aromatic nitrogens is 3. The molecule has 34 heavy (non-hydrogen) atoms. The Bertz CT molecular complexity index is 1330. The van der Waals surface area contributed by atoms with Gasteiger partial charge in [-0.3, -0.25) is 9.48 Å². The van der Waals surface area contributed by atoms with Crippen LogP contribution in [0.3, 0.4) is 0 Å². The third kappa shape index (κ3) is 3.86. The quantitative estimate of drug-likeness (QED) is 0.571. The minimum atomic E-state index is -3.66. The zero-order valence-corrected chi connectivity index (χ0v) is 21.8. The van der Waals surface area contributed by atoms with Gasteiger partial charge in [0.05, 0.1) is 11.1 Å². The molecule has 1 aliphatic heterocycles. The van der Waals surface area contributed by atoms with Crippen LogP contribution >= 0.6 is 0 Å². The number of carbonyl (C=O) groups excluding carboxylic acids is 1. The van der Waals surface area contributed by atoms with Crippen LogP contribution in [0, 0.1) is 41.5 Å². The fourth-order valence-corrected chi connectivity index (χ4v) is 6.85. The molecule has 1 aliphatic rings. The van der Waals surface area contributed by atoms with Crippen LogP contribution in [0.4, 0.5) is 0 Å². The first-order chi connectivity index (χ1) is 15.9. The van der Waals surface area contributed by atoms with Crippen molar-refractivity contribution in [2.45, 2.75) is 46.4 Å². The van der Waals surface area contributed by atoms with E-state index in [0.717, 1.165) is 39.5 Å². The Morgan fingerprint density at radius 3 is 1.94 bits per heavy atom. The van der Waals surface area contributed by atoms with Gasteiger partial charge in [-0.1, -0.05) is 6.07 Å². The highest BCUT2D eigenvalue weighted by Crippen LogP contribution is 2.30. The number of aryl methyl sites for hydroxylation is 5. The van der Waals surface area contributed by atoms with Gasteiger partial charge in [0.25, 0.3) is 5.91 Å². The predicted molar refractivity (Wildman–Crippen MR) is 132 cm³/mol. The van der Waals surface area contributed by atoms with Crippen molar-refractivity contribution in [2.24, 2.45) is 7.05 Å². The lowest BCUT2D eigenvalue weighted by Crippen LogP contribution is -2.50. The molecule has 0 bridgehead atoms. The molecule has 1 amide bonds. The molecule has 1 fully saturated rings. The van der Waals surface area contributed by atoms with Crippen molar-refractivity contribution in [3.8, 4) is 5.82 Å². The largest absolute Gasteiger partial charge is 0.336 e. The standard InChI is InChI=1S/C25H33N5O3S/c1-16-14-17(2)21(6)23(20(16)5)34(32,33)29-12-10-28(11-13-29)25(31)22-15-26-27(7)24(22)30-18(3)8-9-19(30)4/h8-9,14-15H,10-13H2,1-7H3. The van der Waals surface area contributed by atoms with Crippen molar-refractivity contribution in [3.05, 3.63) is 63.6 Å². The summed E-state index contributed by atoms with van der Waals surface area (Å²) in [5, 5.41) is 4.34. The number of hydrogen-bond acceptors (Lipinski definition) is 4. The number of nitrogens with zero attached hydrogens (tertiary/aromatic N) is 5. The average molecular weight is 484 g/mol. The SMILES string of the molecule is Cc1cc(C)c(C)c(S(=O)(=O)N2CCN(C(=O)c3cnn(C)c3-n3c(C)ccc3C)CC2)c1C. The third-order valence-corrected chi connectivity index (χ3v) is 9.22. The molecule has 0 aliphatic carbocycles. The second kappa shape index (κ2) is 8.70. The Hall–Kier alpha value is -2.91. The first-order valence-corrected chi connectivity index (χ1v) is 12.9. The molecule has 182 valence electrons. The molecule has 0 atom stereocenters. The molecule has 0 spiro atoms. The van der Waals surface area contributed by atoms with E-state index in [1.165, 1.54) is 4.31 Å². The minimum Gasteiger partial charge on any atom is -0.336 e. The summed E-state index contributed by atoms with van der Waals surface area (Å²) in [5.41, 5.74) is 6.07. The fraction of sp³-hybridized carbons (Fsp3) is 0.440. The molecule has 2 aromatic heterocycles. The topological polar surface area (TPSA) is 80.4 Å². The number of rotatable bonds is 4. The molecule has 3 aromatic rings. The summed E-state index contributed by atoms with van der Waals surface area (Å²) in [7, 11) is -1.83. The van der Waals surface area contributed by atoms with Crippen molar-refractivity contribution < 1.29 is 13.2 Å². The normalized spacial score (nSPS) is 15.2. The zero-order chi connectivity index (χ0) is 24.9. The maximum atomic E-state index is 13.6. The summed E-state index contributed by atoms with van der Waals surface area (Å²) >= 11 is 0. The van der Waals surface area contributed by atoms with Crippen LogP contribution in [0.25, 0.3) is 5.82 Å². The predicted octanol–water partition coefficient (Wildman–Crippen LogP) is 3.21. The molecular formula is C25H33N5O3S. The van der Waals surface area contributed by atoms with Crippen LogP contribution in [-0.4, -0.2) is 64.1 Å². The summed E-state index contributed by atoms with van der Waals surface area (Å²) < 4.78 is 32.4. The summed E-state index contributed by atoms with van der Waals surface area (Å²) in [4.78, 5) is 15.6. The Morgan fingerprint density at radius 1 is 0.882 bits per heavy atom. The van der Waals surface area contributed by atoms with E-state index in [9.17, 15) is 13.2 Å². The molecule has 1 aromatic carbocycles. The average Bonchev–Trinajstić information content (AvgIpc) is 3.32. The van der Waals surface area contributed by atoms with Gasteiger partial charge in [-0.2, -0.15) is 9.40 Å². The van der Waals surface area contributed by atoms with Gasteiger partial charge in [-0.15, -0.1) is 0 Å². The first kappa shape index (κ1) is 24.2. The van der Waals surface area contributed by atoms with Crippen LogP contribution < -0.4 is 0 Å². The molecule has 8 nitrogen and oxygen atoms in total. The Morgan fingerprint density at radius 2 is 1.41 bits per heavy atom. The summed E-state index contributed by atoms with van der Waals surface area (Å²) in [5.74, 6) is 0.591. The lowest BCUT2D eigenvalue weighted by atomic mass is 10.0. The maximum absolute atomic E-state index is 13.6. The highest BCUT2D eigenvalue weighted by molar-refractivity contribution is 7.89. The van der Waals surface area contributed by atoms with Crippen LogP contribution in [0.5, 0.6) is 0 Å². The van der Waals surface area contributed by atoms with Crippen molar-refractivity contribution in [1.82, 2.24) is 23.6 Å². The van der Waals surface area contributed by atoms with Gasteiger partial charge in [0.1, 0.15) is 11.4 Å². The molecule has 0 saturated carbocycles. The molecule has 1 saturated heterocycles. The Labute approximate surface area is 201 Å². The van der Waals surface area contributed by atoms with E-state index >= 15 is 0 Å². The summed E-state index contributed by atoms with van der Waals surface area (Å²) in [6, 6.07) is 6.05. The maximum Gasteiger partial charge on any atom is 0.259 e. The number of hydrogen-bond donors (Lipinski definition) is 0. The highest BCUT2D eigenvalue weighted by Gasteiger charge is 2.34. The first-order valence-electron chi connectivity index (χ1n) is 11.5. The lowest BCUT2D eigenvalue weighted by molar-refractivity contribution is 0.0697. The third-order valence-electron chi connectivity index (χ3n) is 7.04. The van der Waals surface area contributed by atoms with E-state index in [2.05, 4.69) is 5.10 Å². The molecule has 9 heteroatoms. The van der Waals surface area contributed by atoms with Gasteiger partial charge < -0.3 is 9.47 Å². The fourth-order valence-electron chi connectivity index (χ4n) is 4.85. The second-order valence-electron chi connectivity index (χ2n) is 9.24. The van der Waals surface area contributed by atoms with Crippen LogP contribution in [0.2, 0.25) is 0 Å². The molecule has 3 heterocycles.